The Morgan fingerprint density at radius 3 is 3.00 bits per heavy atom. The molecule has 1 unspecified atom stereocenters. The first-order valence-electron chi connectivity index (χ1n) is 5.36. The second kappa shape index (κ2) is 4.45. The molecule has 3 heteroatoms. The SMILES string of the molecule is CC(N)CCCc1noc2ccccc12. The molecule has 2 aromatic rings. The van der Waals surface area contributed by atoms with Gasteiger partial charge in [0, 0.05) is 11.4 Å². The zero-order valence-electron chi connectivity index (χ0n) is 8.94. The molecule has 0 aliphatic carbocycles. The van der Waals surface area contributed by atoms with Crippen molar-refractivity contribution in [1.29, 1.82) is 0 Å². The molecular weight excluding hydrogens is 188 g/mol. The smallest absolute Gasteiger partial charge is 0.167 e. The largest absolute Gasteiger partial charge is 0.356 e. The van der Waals surface area contributed by atoms with E-state index in [9.17, 15) is 0 Å². The molecule has 15 heavy (non-hydrogen) atoms. The number of nitrogens with zero attached hydrogens (tertiary/aromatic N) is 1. The standard InChI is InChI=1S/C12H16N2O/c1-9(13)5-4-7-11-10-6-2-3-8-12(10)15-14-11/h2-3,6,8-9H,4-5,7,13H2,1H3. The van der Waals surface area contributed by atoms with Gasteiger partial charge in [0.1, 0.15) is 0 Å². The van der Waals surface area contributed by atoms with Gasteiger partial charge in [-0.25, -0.2) is 0 Å². The first-order chi connectivity index (χ1) is 7.27. The van der Waals surface area contributed by atoms with Gasteiger partial charge in [0.2, 0.25) is 0 Å². The number of aromatic nitrogens is 1. The Kier molecular flexibility index (Phi) is 3.02. The van der Waals surface area contributed by atoms with E-state index in [0.717, 1.165) is 35.9 Å². The van der Waals surface area contributed by atoms with E-state index in [1.54, 1.807) is 0 Å². The molecule has 0 radical (unpaired) electrons. The van der Waals surface area contributed by atoms with E-state index in [0.29, 0.717) is 0 Å². The minimum atomic E-state index is 0.267. The van der Waals surface area contributed by atoms with E-state index in [1.807, 2.05) is 31.2 Å². The van der Waals surface area contributed by atoms with Gasteiger partial charge in [-0.3, -0.25) is 0 Å². The van der Waals surface area contributed by atoms with Crippen molar-refractivity contribution in [2.24, 2.45) is 5.73 Å². The van der Waals surface area contributed by atoms with Crippen LogP contribution in [0.5, 0.6) is 0 Å². The minimum absolute atomic E-state index is 0.267. The highest BCUT2D eigenvalue weighted by Gasteiger charge is 2.06. The maximum atomic E-state index is 5.70. The molecule has 80 valence electrons. The van der Waals surface area contributed by atoms with Crippen molar-refractivity contribution in [3.63, 3.8) is 0 Å². The van der Waals surface area contributed by atoms with Crippen LogP contribution in [0.4, 0.5) is 0 Å². The molecule has 0 fully saturated rings. The molecule has 0 aliphatic heterocycles. The summed E-state index contributed by atoms with van der Waals surface area (Å²) in [5.41, 5.74) is 7.62. The summed E-state index contributed by atoms with van der Waals surface area (Å²) in [7, 11) is 0. The summed E-state index contributed by atoms with van der Waals surface area (Å²) in [4.78, 5) is 0. The summed E-state index contributed by atoms with van der Waals surface area (Å²) in [6.45, 7) is 2.03. The van der Waals surface area contributed by atoms with E-state index >= 15 is 0 Å². The number of rotatable bonds is 4. The Labute approximate surface area is 89.2 Å². The van der Waals surface area contributed by atoms with Gasteiger partial charge in [0.15, 0.2) is 5.58 Å². The van der Waals surface area contributed by atoms with Crippen LogP contribution >= 0.6 is 0 Å². The molecule has 1 aromatic heterocycles. The predicted octanol–water partition coefficient (Wildman–Crippen LogP) is 2.50. The number of nitrogens with two attached hydrogens (primary N) is 1. The molecule has 0 spiro atoms. The highest BCUT2D eigenvalue weighted by molar-refractivity contribution is 5.79. The Balaban J connectivity index is 2.08. The summed E-state index contributed by atoms with van der Waals surface area (Å²) >= 11 is 0. The van der Waals surface area contributed by atoms with Gasteiger partial charge in [-0.15, -0.1) is 0 Å². The van der Waals surface area contributed by atoms with Crippen LogP contribution in [0.1, 0.15) is 25.5 Å². The number of fused-ring (bicyclic) bond motifs is 1. The average molecular weight is 204 g/mol. The minimum Gasteiger partial charge on any atom is -0.356 e. The molecule has 0 amide bonds. The van der Waals surface area contributed by atoms with Gasteiger partial charge < -0.3 is 10.3 Å². The van der Waals surface area contributed by atoms with Gasteiger partial charge in [-0.2, -0.15) is 0 Å². The van der Waals surface area contributed by atoms with Crippen LogP contribution in [0, 0.1) is 0 Å². The molecule has 0 saturated carbocycles. The molecular formula is C12H16N2O. The van der Waals surface area contributed by atoms with Gasteiger partial charge in [0.25, 0.3) is 0 Å². The van der Waals surface area contributed by atoms with Crippen molar-refractivity contribution < 1.29 is 4.52 Å². The van der Waals surface area contributed by atoms with Crippen molar-refractivity contribution in [1.82, 2.24) is 5.16 Å². The lowest BCUT2D eigenvalue weighted by Gasteiger charge is -2.02. The molecule has 0 bridgehead atoms. The van der Waals surface area contributed by atoms with E-state index in [4.69, 9.17) is 10.3 Å². The zero-order valence-corrected chi connectivity index (χ0v) is 8.94. The van der Waals surface area contributed by atoms with Gasteiger partial charge in [0.05, 0.1) is 5.69 Å². The number of hydrogen-bond donors (Lipinski definition) is 1. The lowest BCUT2D eigenvalue weighted by molar-refractivity contribution is 0.443. The van der Waals surface area contributed by atoms with Crippen LogP contribution < -0.4 is 5.73 Å². The molecule has 0 saturated heterocycles. The maximum Gasteiger partial charge on any atom is 0.167 e. The first-order valence-corrected chi connectivity index (χ1v) is 5.36. The highest BCUT2D eigenvalue weighted by Crippen LogP contribution is 2.19. The summed E-state index contributed by atoms with van der Waals surface area (Å²) in [5.74, 6) is 0. The zero-order chi connectivity index (χ0) is 10.7. The van der Waals surface area contributed by atoms with E-state index in [2.05, 4.69) is 5.16 Å². The van der Waals surface area contributed by atoms with Crippen molar-refractivity contribution in [3.8, 4) is 0 Å². The molecule has 0 aliphatic rings. The predicted molar refractivity (Wildman–Crippen MR) is 60.6 cm³/mol. The van der Waals surface area contributed by atoms with Crippen LogP contribution in [-0.2, 0) is 6.42 Å². The lowest BCUT2D eigenvalue weighted by atomic mass is 10.1. The molecule has 1 atom stereocenters. The topological polar surface area (TPSA) is 52.0 Å². The van der Waals surface area contributed by atoms with Gasteiger partial charge >= 0.3 is 0 Å². The Bertz CT molecular complexity index is 434. The van der Waals surface area contributed by atoms with E-state index < -0.39 is 0 Å². The Morgan fingerprint density at radius 1 is 1.40 bits per heavy atom. The Morgan fingerprint density at radius 2 is 2.20 bits per heavy atom. The van der Waals surface area contributed by atoms with Crippen molar-refractivity contribution in [2.45, 2.75) is 32.2 Å². The highest BCUT2D eigenvalue weighted by atomic mass is 16.5. The van der Waals surface area contributed by atoms with Crippen molar-refractivity contribution in [3.05, 3.63) is 30.0 Å². The fourth-order valence-electron chi connectivity index (χ4n) is 1.71. The first kappa shape index (κ1) is 10.2. The van der Waals surface area contributed by atoms with Gasteiger partial charge in [-0.05, 0) is 38.3 Å². The summed E-state index contributed by atoms with van der Waals surface area (Å²) in [6.07, 6.45) is 3.04. The third-order valence-electron chi connectivity index (χ3n) is 2.53. The third kappa shape index (κ3) is 2.36. The van der Waals surface area contributed by atoms with Crippen LogP contribution in [0.15, 0.2) is 28.8 Å². The molecule has 2 N–H and O–H groups in total. The number of hydrogen-bond acceptors (Lipinski definition) is 3. The maximum absolute atomic E-state index is 5.70. The molecule has 1 heterocycles. The average Bonchev–Trinajstić information content (AvgIpc) is 2.62. The summed E-state index contributed by atoms with van der Waals surface area (Å²) < 4.78 is 5.23. The lowest BCUT2D eigenvalue weighted by Crippen LogP contribution is -2.14. The normalized spacial score (nSPS) is 13.2. The molecule has 2 rings (SSSR count). The second-order valence-electron chi connectivity index (χ2n) is 3.99. The fourth-order valence-corrected chi connectivity index (χ4v) is 1.71. The quantitative estimate of drug-likeness (QED) is 0.832. The van der Waals surface area contributed by atoms with Crippen LogP contribution in [0.25, 0.3) is 11.0 Å². The van der Waals surface area contributed by atoms with Crippen molar-refractivity contribution >= 4 is 11.0 Å². The van der Waals surface area contributed by atoms with Crippen LogP contribution in [0.2, 0.25) is 0 Å². The number of benzene rings is 1. The van der Waals surface area contributed by atoms with E-state index in [1.165, 1.54) is 0 Å². The number of aryl methyl sites for hydroxylation is 1. The van der Waals surface area contributed by atoms with E-state index in [-0.39, 0.29) is 6.04 Å². The molecule has 3 nitrogen and oxygen atoms in total. The second-order valence-corrected chi connectivity index (χ2v) is 3.99. The van der Waals surface area contributed by atoms with Crippen molar-refractivity contribution in [2.75, 3.05) is 0 Å². The summed E-state index contributed by atoms with van der Waals surface area (Å²) in [6, 6.07) is 8.22. The third-order valence-corrected chi connectivity index (χ3v) is 2.53. The Hall–Kier alpha value is -1.35. The van der Waals surface area contributed by atoms with Gasteiger partial charge in [-0.1, -0.05) is 17.3 Å². The number of para-hydroxylation sites is 1. The fraction of sp³-hybridized carbons (Fsp3) is 0.417. The monoisotopic (exact) mass is 204 g/mol. The molecule has 1 aromatic carbocycles. The van der Waals surface area contributed by atoms with Crippen LogP contribution in [0.3, 0.4) is 0 Å². The van der Waals surface area contributed by atoms with Crippen LogP contribution in [-0.4, -0.2) is 11.2 Å². The summed E-state index contributed by atoms with van der Waals surface area (Å²) in [5, 5.41) is 5.20.